The minimum Gasteiger partial charge on any atom is -0.385 e. The number of nitrogens with one attached hydrogen (secondary N) is 1. The second-order valence-corrected chi connectivity index (χ2v) is 6.35. The van der Waals surface area contributed by atoms with Crippen molar-refractivity contribution in [3.05, 3.63) is 35.4 Å². The lowest BCUT2D eigenvalue weighted by molar-refractivity contribution is -0.139. The molecule has 1 atom stereocenters. The summed E-state index contributed by atoms with van der Waals surface area (Å²) >= 11 is 0. The molecule has 26 heavy (non-hydrogen) atoms. The lowest BCUT2D eigenvalue weighted by atomic mass is 9.96. The van der Waals surface area contributed by atoms with E-state index < -0.39 is 11.7 Å². The number of carbonyl (C=O) groups is 2. The third-order valence-corrected chi connectivity index (χ3v) is 4.32. The lowest BCUT2D eigenvalue weighted by Crippen LogP contribution is -2.45. The maximum atomic E-state index is 12.8. The molecule has 5 nitrogen and oxygen atoms in total. The van der Waals surface area contributed by atoms with Gasteiger partial charge in [0.2, 0.25) is 11.8 Å². The second kappa shape index (κ2) is 9.02. The van der Waals surface area contributed by atoms with Crippen LogP contribution in [-0.2, 0) is 27.0 Å². The Morgan fingerprint density at radius 2 is 2.15 bits per heavy atom. The van der Waals surface area contributed by atoms with Gasteiger partial charge in [0.25, 0.3) is 0 Å². The number of rotatable bonds is 7. The van der Waals surface area contributed by atoms with Gasteiger partial charge in [-0.25, -0.2) is 0 Å². The topological polar surface area (TPSA) is 58.6 Å². The standard InChI is InChI=1S/C18H23F3N2O3/c1-26-9-3-8-22-17(25)14-6-7-16(24)23(12-14)11-13-4-2-5-15(10-13)18(19,20)21/h2,4-5,10,14H,3,6-9,11-12H2,1H3,(H,22,25)/t14-/m1/s1. The third-order valence-electron chi connectivity index (χ3n) is 4.32. The van der Waals surface area contributed by atoms with Crippen molar-refractivity contribution < 1.29 is 27.5 Å². The van der Waals surface area contributed by atoms with Crippen LogP contribution in [0.5, 0.6) is 0 Å². The average molecular weight is 372 g/mol. The molecule has 0 spiro atoms. The van der Waals surface area contributed by atoms with Crippen LogP contribution in [0.4, 0.5) is 13.2 Å². The summed E-state index contributed by atoms with van der Waals surface area (Å²) in [6, 6.07) is 4.92. The maximum Gasteiger partial charge on any atom is 0.416 e. The Balaban J connectivity index is 1.96. The molecule has 0 saturated carbocycles. The molecule has 2 amide bonds. The van der Waals surface area contributed by atoms with Crippen LogP contribution in [-0.4, -0.2) is 43.5 Å². The van der Waals surface area contributed by atoms with E-state index in [0.29, 0.717) is 31.6 Å². The molecule has 1 aromatic carbocycles. The Kier molecular flexibility index (Phi) is 7.02. The first-order valence-corrected chi connectivity index (χ1v) is 8.52. The summed E-state index contributed by atoms with van der Waals surface area (Å²) in [5.41, 5.74) is -0.346. The highest BCUT2D eigenvalue weighted by Crippen LogP contribution is 2.30. The van der Waals surface area contributed by atoms with Crippen LogP contribution in [0.15, 0.2) is 24.3 Å². The predicted molar refractivity (Wildman–Crippen MR) is 89.1 cm³/mol. The lowest BCUT2D eigenvalue weighted by Gasteiger charge is -2.32. The number of alkyl halides is 3. The largest absolute Gasteiger partial charge is 0.416 e. The van der Waals surface area contributed by atoms with Crippen molar-refractivity contribution in [2.75, 3.05) is 26.8 Å². The van der Waals surface area contributed by atoms with Crippen molar-refractivity contribution >= 4 is 11.8 Å². The van der Waals surface area contributed by atoms with Gasteiger partial charge in [0, 0.05) is 39.8 Å². The zero-order valence-electron chi connectivity index (χ0n) is 14.6. The summed E-state index contributed by atoms with van der Waals surface area (Å²) in [5.74, 6) is -0.630. The summed E-state index contributed by atoms with van der Waals surface area (Å²) in [4.78, 5) is 25.8. The first-order chi connectivity index (χ1) is 12.3. The highest BCUT2D eigenvalue weighted by atomic mass is 19.4. The fourth-order valence-electron chi connectivity index (χ4n) is 2.92. The predicted octanol–water partition coefficient (Wildman–Crippen LogP) is 2.60. The molecule has 0 aliphatic carbocycles. The molecular formula is C18H23F3N2O3. The van der Waals surface area contributed by atoms with Crippen LogP contribution in [0, 0.1) is 5.92 Å². The van der Waals surface area contributed by atoms with Crippen LogP contribution >= 0.6 is 0 Å². The van der Waals surface area contributed by atoms with Gasteiger partial charge in [0.05, 0.1) is 11.5 Å². The summed E-state index contributed by atoms with van der Waals surface area (Å²) in [6.07, 6.45) is -3.06. The van der Waals surface area contributed by atoms with Crippen molar-refractivity contribution in [3.63, 3.8) is 0 Å². The van der Waals surface area contributed by atoms with Crippen LogP contribution in [0.2, 0.25) is 0 Å². The van der Waals surface area contributed by atoms with E-state index in [1.165, 1.54) is 11.0 Å². The smallest absolute Gasteiger partial charge is 0.385 e. The number of methoxy groups -OCH3 is 1. The Bertz CT molecular complexity index is 634. The second-order valence-electron chi connectivity index (χ2n) is 6.35. The van der Waals surface area contributed by atoms with Crippen LogP contribution < -0.4 is 5.32 Å². The van der Waals surface area contributed by atoms with Gasteiger partial charge >= 0.3 is 6.18 Å². The van der Waals surface area contributed by atoms with E-state index in [4.69, 9.17) is 4.74 Å². The number of benzene rings is 1. The van der Waals surface area contributed by atoms with Gasteiger partial charge in [-0.05, 0) is 30.5 Å². The van der Waals surface area contributed by atoms with Crippen molar-refractivity contribution in [2.45, 2.75) is 32.0 Å². The minimum absolute atomic E-state index is 0.0657. The monoisotopic (exact) mass is 372 g/mol. The van der Waals surface area contributed by atoms with Gasteiger partial charge in [0.1, 0.15) is 0 Å². The van der Waals surface area contributed by atoms with Crippen LogP contribution in [0.3, 0.4) is 0 Å². The van der Waals surface area contributed by atoms with Gasteiger partial charge in [-0.1, -0.05) is 12.1 Å². The average Bonchev–Trinajstić information content (AvgIpc) is 2.60. The fraction of sp³-hybridized carbons (Fsp3) is 0.556. The molecule has 1 saturated heterocycles. The summed E-state index contributed by atoms with van der Waals surface area (Å²) in [7, 11) is 1.58. The molecule has 1 aliphatic rings. The SMILES string of the molecule is COCCCNC(=O)[C@@H]1CCC(=O)N(Cc2cccc(C(F)(F)F)c2)C1. The van der Waals surface area contributed by atoms with E-state index in [-0.39, 0.29) is 37.2 Å². The molecule has 0 radical (unpaired) electrons. The van der Waals surface area contributed by atoms with Gasteiger partial charge in [-0.2, -0.15) is 13.2 Å². The number of likely N-dealkylation sites (tertiary alicyclic amines) is 1. The molecular weight excluding hydrogens is 349 g/mol. The summed E-state index contributed by atoms with van der Waals surface area (Å²) in [5, 5.41) is 2.81. The van der Waals surface area contributed by atoms with Crippen molar-refractivity contribution in [3.8, 4) is 0 Å². The van der Waals surface area contributed by atoms with Gasteiger partial charge in [-0.15, -0.1) is 0 Å². The molecule has 1 aromatic rings. The molecule has 1 fully saturated rings. The Labute approximate surface area is 150 Å². The number of carbonyl (C=O) groups excluding carboxylic acids is 2. The Morgan fingerprint density at radius 1 is 1.38 bits per heavy atom. The molecule has 0 unspecified atom stereocenters. The van der Waals surface area contributed by atoms with E-state index >= 15 is 0 Å². The van der Waals surface area contributed by atoms with Crippen molar-refractivity contribution in [1.29, 1.82) is 0 Å². The summed E-state index contributed by atoms with van der Waals surface area (Å²) in [6.45, 7) is 1.32. The minimum atomic E-state index is -4.42. The number of amides is 2. The zero-order chi connectivity index (χ0) is 19.2. The van der Waals surface area contributed by atoms with E-state index in [1.54, 1.807) is 13.2 Å². The zero-order valence-corrected chi connectivity index (χ0v) is 14.6. The first kappa shape index (κ1) is 20.2. The fourth-order valence-corrected chi connectivity index (χ4v) is 2.92. The number of piperidine rings is 1. The normalized spacial score (nSPS) is 18.1. The quantitative estimate of drug-likeness (QED) is 0.749. The highest BCUT2D eigenvalue weighted by molar-refractivity contribution is 5.83. The number of hydrogen-bond donors (Lipinski definition) is 1. The number of halogens is 3. The Morgan fingerprint density at radius 3 is 2.85 bits per heavy atom. The van der Waals surface area contributed by atoms with Crippen molar-refractivity contribution in [2.24, 2.45) is 5.92 Å². The van der Waals surface area contributed by atoms with Gasteiger partial charge in [-0.3, -0.25) is 9.59 Å². The van der Waals surface area contributed by atoms with Gasteiger partial charge in [0.15, 0.2) is 0 Å². The number of hydrogen-bond acceptors (Lipinski definition) is 3. The molecule has 0 bridgehead atoms. The van der Waals surface area contributed by atoms with E-state index in [2.05, 4.69) is 5.32 Å². The molecule has 1 N–H and O–H groups in total. The highest BCUT2D eigenvalue weighted by Gasteiger charge is 2.32. The van der Waals surface area contributed by atoms with E-state index in [9.17, 15) is 22.8 Å². The molecule has 0 aromatic heterocycles. The Hall–Kier alpha value is -2.09. The molecule has 1 aliphatic heterocycles. The molecule has 2 rings (SSSR count). The molecule has 8 heteroatoms. The molecule has 1 heterocycles. The summed E-state index contributed by atoms with van der Waals surface area (Å²) < 4.78 is 43.4. The van der Waals surface area contributed by atoms with E-state index in [1.807, 2.05) is 0 Å². The van der Waals surface area contributed by atoms with Crippen molar-refractivity contribution in [1.82, 2.24) is 10.2 Å². The van der Waals surface area contributed by atoms with Gasteiger partial charge < -0.3 is 15.0 Å². The van der Waals surface area contributed by atoms with Crippen LogP contribution in [0.25, 0.3) is 0 Å². The molecule has 144 valence electrons. The third kappa shape index (κ3) is 5.72. The van der Waals surface area contributed by atoms with Crippen LogP contribution in [0.1, 0.15) is 30.4 Å². The number of ether oxygens (including phenoxy) is 1. The number of nitrogens with zero attached hydrogens (tertiary/aromatic N) is 1. The van der Waals surface area contributed by atoms with E-state index in [0.717, 1.165) is 12.1 Å². The maximum absolute atomic E-state index is 12.8. The first-order valence-electron chi connectivity index (χ1n) is 8.52.